The molecule has 2 fully saturated rings. The van der Waals surface area contributed by atoms with Gasteiger partial charge in [-0.2, -0.15) is 0 Å². The fraction of sp³-hybridized carbons (Fsp3) is 0.448. The van der Waals surface area contributed by atoms with Gasteiger partial charge in [-0.1, -0.05) is 57.6 Å². The fourth-order valence-electron chi connectivity index (χ4n) is 5.46. The van der Waals surface area contributed by atoms with E-state index in [1.54, 1.807) is 41.1 Å². The van der Waals surface area contributed by atoms with Gasteiger partial charge in [-0.3, -0.25) is 14.4 Å². The summed E-state index contributed by atoms with van der Waals surface area (Å²) in [6, 6.07) is 10.2. The van der Waals surface area contributed by atoms with Gasteiger partial charge in [-0.05, 0) is 61.7 Å². The molecule has 13 heteroatoms. The molecule has 0 spiro atoms. The van der Waals surface area contributed by atoms with Gasteiger partial charge in [0.25, 0.3) is 5.91 Å². The lowest BCUT2D eigenvalue weighted by Crippen LogP contribution is -2.57. The van der Waals surface area contributed by atoms with Crippen LogP contribution in [0, 0.1) is 0 Å². The zero-order valence-electron chi connectivity index (χ0n) is 23.4. The Bertz CT molecular complexity index is 1330. The van der Waals surface area contributed by atoms with Crippen molar-refractivity contribution in [1.29, 1.82) is 0 Å². The molecule has 0 aliphatic carbocycles. The van der Waals surface area contributed by atoms with Gasteiger partial charge < -0.3 is 24.9 Å². The molecule has 2 aromatic carbocycles. The molecule has 0 aromatic heterocycles. The molecule has 2 heterocycles. The Morgan fingerprint density at radius 2 is 1.76 bits per heavy atom. The molecule has 9 nitrogen and oxygen atoms in total. The van der Waals surface area contributed by atoms with Crippen LogP contribution in [0.25, 0.3) is 0 Å². The minimum absolute atomic E-state index is 0.0353. The third-order valence-corrected chi connectivity index (χ3v) is 8.79. The van der Waals surface area contributed by atoms with Crippen LogP contribution >= 0.6 is 46.4 Å². The van der Waals surface area contributed by atoms with E-state index < -0.39 is 0 Å². The van der Waals surface area contributed by atoms with Crippen molar-refractivity contribution in [3.8, 4) is 0 Å². The first-order valence-corrected chi connectivity index (χ1v) is 15.1. The molecule has 2 aromatic rings. The molecule has 1 N–H and O–H groups in total. The maximum atomic E-state index is 13.3. The summed E-state index contributed by atoms with van der Waals surface area (Å²) in [6.07, 6.45) is 2.24. The molecule has 4 rings (SSSR count). The first-order chi connectivity index (χ1) is 20.0. The summed E-state index contributed by atoms with van der Waals surface area (Å²) in [5, 5.41) is 8.56. The van der Waals surface area contributed by atoms with Crippen LogP contribution in [0.3, 0.4) is 0 Å². The highest BCUT2D eigenvalue weighted by molar-refractivity contribution is 6.42. The number of carbonyl (C=O) groups is 3. The first kappa shape index (κ1) is 32.4. The summed E-state index contributed by atoms with van der Waals surface area (Å²) < 4.78 is 0. The standard InChI is InChI=1S/C29H33Cl4N5O4/c1-36(29(41)19-11-20(30)14-21(31)12-19)16-26(35-42-2)23(18-3-4-24(32)25(33)13-18)7-10-37-8-5-22(6-9-37)38-17-27(39)34-15-28(38)40/h3-4,11-14,22-23H,5-10,15-17H2,1-2H3,(H,34,39)/b35-26+/t23-/m1/s1. The average molecular weight is 657 g/mol. The number of hydrogen-bond donors (Lipinski definition) is 1. The van der Waals surface area contributed by atoms with Crippen molar-refractivity contribution in [1.82, 2.24) is 20.0 Å². The molecule has 2 saturated heterocycles. The van der Waals surface area contributed by atoms with E-state index in [0.717, 1.165) is 38.0 Å². The molecule has 1 atom stereocenters. The molecule has 2 aliphatic heterocycles. The molecule has 0 bridgehead atoms. The molecule has 2 aliphatic rings. The summed E-state index contributed by atoms with van der Waals surface area (Å²) >= 11 is 24.9. The first-order valence-electron chi connectivity index (χ1n) is 13.6. The summed E-state index contributed by atoms with van der Waals surface area (Å²) in [5.74, 6) is -0.651. The van der Waals surface area contributed by atoms with Gasteiger partial charge in [0.05, 0.1) is 35.4 Å². The smallest absolute Gasteiger partial charge is 0.254 e. The Hall–Kier alpha value is -2.56. The van der Waals surface area contributed by atoms with Crippen molar-refractivity contribution in [2.45, 2.75) is 31.2 Å². The minimum atomic E-state index is -0.265. The van der Waals surface area contributed by atoms with E-state index in [1.807, 2.05) is 12.1 Å². The number of piperidine rings is 1. The molecular weight excluding hydrogens is 624 g/mol. The summed E-state index contributed by atoms with van der Waals surface area (Å²) in [6.45, 7) is 2.67. The Balaban J connectivity index is 1.48. The van der Waals surface area contributed by atoms with Gasteiger partial charge in [-0.25, -0.2) is 0 Å². The van der Waals surface area contributed by atoms with Crippen molar-refractivity contribution < 1.29 is 19.2 Å². The number of nitrogens with zero attached hydrogens (tertiary/aromatic N) is 4. The Morgan fingerprint density at radius 1 is 1.07 bits per heavy atom. The number of rotatable bonds is 10. The maximum Gasteiger partial charge on any atom is 0.254 e. The van der Waals surface area contributed by atoms with Gasteiger partial charge in [-0.15, -0.1) is 0 Å². The third-order valence-electron chi connectivity index (χ3n) is 7.62. The number of piperazine rings is 1. The third kappa shape index (κ3) is 8.29. The molecule has 0 unspecified atom stereocenters. The van der Waals surface area contributed by atoms with E-state index in [4.69, 9.17) is 51.2 Å². The number of nitrogens with one attached hydrogen (secondary N) is 1. The van der Waals surface area contributed by atoms with Crippen LogP contribution in [0.5, 0.6) is 0 Å². The predicted octanol–water partition coefficient (Wildman–Crippen LogP) is 4.97. The molecule has 3 amide bonds. The average Bonchev–Trinajstić information content (AvgIpc) is 2.95. The lowest BCUT2D eigenvalue weighted by Gasteiger charge is -2.40. The number of likely N-dealkylation sites (tertiary alicyclic amines) is 1. The summed E-state index contributed by atoms with van der Waals surface area (Å²) in [7, 11) is 3.15. The van der Waals surface area contributed by atoms with Crippen LogP contribution in [0.1, 0.15) is 41.1 Å². The summed E-state index contributed by atoms with van der Waals surface area (Å²) in [4.78, 5) is 48.3. The van der Waals surface area contributed by atoms with Crippen LogP contribution in [0.2, 0.25) is 20.1 Å². The molecule has 0 saturated carbocycles. The number of hydrogen-bond acceptors (Lipinski definition) is 6. The number of halogens is 4. The number of amides is 3. The molecular formula is C29H33Cl4N5O4. The topological polar surface area (TPSA) is 94.6 Å². The van der Waals surface area contributed by atoms with E-state index in [0.29, 0.717) is 37.8 Å². The highest BCUT2D eigenvalue weighted by Crippen LogP contribution is 2.31. The SMILES string of the molecule is CO/N=C(\CN(C)C(=O)c1cc(Cl)cc(Cl)c1)[C@H](CCN1CCC(N2CC(=O)NCC2=O)CC1)c1ccc(Cl)c(Cl)c1. The normalized spacial score (nSPS) is 17.7. The Kier molecular flexibility index (Phi) is 11.4. The van der Waals surface area contributed by atoms with Crippen molar-refractivity contribution in [2.75, 3.05) is 53.4 Å². The van der Waals surface area contributed by atoms with E-state index in [-0.39, 0.29) is 49.3 Å². The monoisotopic (exact) mass is 655 g/mol. The second kappa shape index (κ2) is 14.8. The number of benzene rings is 2. The molecule has 42 heavy (non-hydrogen) atoms. The van der Waals surface area contributed by atoms with E-state index in [1.165, 1.54) is 7.11 Å². The van der Waals surface area contributed by atoms with Crippen molar-refractivity contribution in [2.24, 2.45) is 5.16 Å². The highest BCUT2D eigenvalue weighted by atomic mass is 35.5. The Labute approximate surface area is 265 Å². The number of oxime groups is 1. The van der Waals surface area contributed by atoms with Crippen molar-refractivity contribution in [3.05, 3.63) is 67.6 Å². The van der Waals surface area contributed by atoms with Crippen molar-refractivity contribution >= 4 is 69.8 Å². The largest absolute Gasteiger partial charge is 0.399 e. The zero-order chi connectivity index (χ0) is 30.4. The highest BCUT2D eigenvalue weighted by Gasteiger charge is 2.32. The van der Waals surface area contributed by atoms with Crippen LogP contribution < -0.4 is 5.32 Å². The Morgan fingerprint density at radius 3 is 2.40 bits per heavy atom. The van der Waals surface area contributed by atoms with E-state index in [9.17, 15) is 14.4 Å². The number of carbonyl (C=O) groups excluding carboxylic acids is 3. The second-order valence-electron chi connectivity index (χ2n) is 10.5. The van der Waals surface area contributed by atoms with Crippen LogP contribution in [-0.2, 0) is 14.4 Å². The van der Waals surface area contributed by atoms with Gasteiger partial charge in [0.15, 0.2) is 0 Å². The maximum absolute atomic E-state index is 13.3. The predicted molar refractivity (Wildman–Crippen MR) is 166 cm³/mol. The van der Waals surface area contributed by atoms with Crippen LogP contribution in [-0.4, -0.2) is 97.6 Å². The lowest BCUT2D eigenvalue weighted by atomic mass is 9.89. The fourth-order valence-corrected chi connectivity index (χ4v) is 6.29. The van der Waals surface area contributed by atoms with Crippen LogP contribution in [0.15, 0.2) is 41.6 Å². The minimum Gasteiger partial charge on any atom is -0.399 e. The van der Waals surface area contributed by atoms with E-state index in [2.05, 4.69) is 15.4 Å². The molecule has 226 valence electrons. The molecule has 0 radical (unpaired) electrons. The van der Waals surface area contributed by atoms with Gasteiger partial charge in [0.2, 0.25) is 11.8 Å². The van der Waals surface area contributed by atoms with Gasteiger partial charge in [0.1, 0.15) is 7.11 Å². The summed E-state index contributed by atoms with van der Waals surface area (Å²) in [5.41, 5.74) is 1.90. The second-order valence-corrected chi connectivity index (χ2v) is 12.2. The lowest BCUT2D eigenvalue weighted by molar-refractivity contribution is -0.143. The zero-order valence-corrected chi connectivity index (χ0v) is 26.4. The van der Waals surface area contributed by atoms with Crippen LogP contribution in [0.4, 0.5) is 0 Å². The quantitative estimate of drug-likeness (QED) is 0.288. The van der Waals surface area contributed by atoms with Gasteiger partial charge >= 0.3 is 0 Å². The van der Waals surface area contributed by atoms with E-state index >= 15 is 0 Å². The van der Waals surface area contributed by atoms with Crippen molar-refractivity contribution in [3.63, 3.8) is 0 Å². The van der Waals surface area contributed by atoms with Gasteiger partial charge in [0, 0.05) is 47.7 Å².